The third-order valence-corrected chi connectivity index (χ3v) is 13.6. The molecule has 0 saturated carbocycles. The van der Waals surface area contributed by atoms with E-state index in [0.717, 1.165) is 15.2 Å². The molecule has 0 spiro atoms. The fourth-order valence-electron chi connectivity index (χ4n) is 7.00. The third-order valence-electron chi connectivity index (χ3n) is 9.33. The molecule has 0 aliphatic heterocycles. The third kappa shape index (κ3) is 5.19. The first-order valence-electron chi connectivity index (χ1n) is 31.4. The quantitative estimate of drug-likeness (QED) is 0.120. The van der Waals surface area contributed by atoms with Crippen LogP contribution in [0.4, 0.5) is 0 Å². The van der Waals surface area contributed by atoms with Gasteiger partial charge in [-0.3, -0.25) is 9.13 Å². The Bertz CT molecular complexity index is 4590. The van der Waals surface area contributed by atoms with E-state index in [4.69, 9.17) is 24.7 Å². The van der Waals surface area contributed by atoms with Gasteiger partial charge in [0.15, 0.2) is 13.9 Å². The van der Waals surface area contributed by atoms with Crippen LogP contribution in [-0.4, -0.2) is 32.2 Å². The number of benzene rings is 8. The van der Waals surface area contributed by atoms with Crippen molar-refractivity contribution < 1.29 is 39.8 Å². The van der Waals surface area contributed by atoms with Crippen molar-refractivity contribution in [2.24, 2.45) is 0 Å². The van der Waals surface area contributed by atoms with Crippen molar-refractivity contribution in [2.45, 2.75) is 0 Å². The molecule has 0 radical (unpaired) electrons. The normalized spacial score (nSPS) is 19.8. The van der Waals surface area contributed by atoms with Crippen molar-refractivity contribution in [3.8, 4) is 23.3 Å². The zero-order valence-electron chi connectivity index (χ0n) is 57.7. The summed E-state index contributed by atoms with van der Waals surface area (Å²) in [6.07, 6.45) is 0. The lowest BCUT2D eigenvalue weighted by Gasteiger charge is -2.34. The van der Waals surface area contributed by atoms with Gasteiger partial charge >= 0.3 is 0 Å². The summed E-state index contributed by atoms with van der Waals surface area (Å²) in [4.78, 5) is 13.9. The molecule has 3 aromatic heterocycles. The van der Waals surface area contributed by atoms with Gasteiger partial charge in [0.05, 0.1) is 61.8 Å². The Hall–Kier alpha value is -7.41. The highest BCUT2D eigenvalue weighted by Crippen LogP contribution is 2.34. The van der Waals surface area contributed by atoms with E-state index in [-0.39, 0.29) is 5.19 Å². The van der Waals surface area contributed by atoms with E-state index in [1.165, 1.54) is 30.3 Å². The second-order valence-electron chi connectivity index (χ2n) is 12.3. The smallest absolute Gasteiger partial charge is 0.240 e. The monoisotopic (exact) mass is 774 g/mol. The first-order valence-corrected chi connectivity index (χ1v) is 18.9. The maximum atomic E-state index is 10.5. The summed E-state index contributed by atoms with van der Waals surface area (Å²) in [6.45, 7) is 0. The molecule has 0 amide bonds. The van der Waals surface area contributed by atoms with Gasteiger partial charge in [0.2, 0.25) is 11.9 Å². The summed E-state index contributed by atoms with van der Waals surface area (Å²) < 4.78 is 266. The highest BCUT2D eigenvalue weighted by molar-refractivity contribution is 7.19. The lowest BCUT2D eigenvalue weighted by molar-refractivity contribution is 0.893. The van der Waals surface area contributed by atoms with E-state index in [1.54, 1.807) is 0 Å². The van der Waals surface area contributed by atoms with Gasteiger partial charge in [-0.05, 0) is 44.9 Å². The summed E-state index contributed by atoms with van der Waals surface area (Å²) >= 11 is 0. The molecular formula is C51H35N5Si. The zero-order chi connectivity index (χ0) is 63.0. The van der Waals surface area contributed by atoms with Crippen LogP contribution in [0.25, 0.3) is 66.9 Å². The van der Waals surface area contributed by atoms with Crippen LogP contribution in [0, 0.1) is 0 Å². The predicted octanol–water partition coefficient (Wildman–Crippen LogP) is 9.11. The number of para-hydroxylation sites is 4. The minimum atomic E-state index is -5.50. The van der Waals surface area contributed by atoms with Crippen molar-refractivity contribution in [1.82, 2.24) is 24.1 Å². The predicted molar refractivity (Wildman–Crippen MR) is 238 cm³/mol. The van der Waals surface area contributed by atoms with Crippen LogP contribution < -0.4 is 20.7 Å². The Morgan fingerprint density at radius 3 is 1.37 bits per heavy atom. The van der Waals surface area contributed by atoms with Crippen molar-refractivity contribution in [3.63, 3.8) is 0 Å². The zero-order valence-corrected chi connectivity index (χ0v) is 29.7. The van der Waals surface area contributed by atoms with Crippen LogP contribution in [0.1, 0.15) is 39.8 Å². The van der Waals surface area contributed by atoms with Crippen LogP contribution in [0.5, 0.6) is 0 Å². The van der Waals surface area contributed by atoms with E-state index in [2.05, 4.69) is 15.0 Å². The summed E-state index contributed by atoms with van der Waals surface area (Å²) in [6, 6.07) is -18.6. The lowest BCUT2D eigenvalue weighted by Crippen LogP contribution is -2.74. The maximum Gasteiger partial charge on any atom is 0.240 e. The summed E-state index contributed by atoms with van der Waals surface area (Å²) in [5, 5.41) is -4.18. The summed E-state index contributed by atoms with van der Waals surface area (Å²) in [5.74, 6) is -2.91. The van der Waals surface area contributed by atoms with Crippen LogP contribution in [0.3, 0.4) is 0 Å². The molecule has 5 nitrogen and oxygen atoms in total. The molecule has 6 heteroatoms. The minimum Gasteiger partial charge on any atom is -0.278 e. The number of aromatic nitrogens is 5. The van der Waals surface area contributed by atoms with Gasteiger partial charge in [-0.25, -0.2) is 0 Å². The van der Waals surface area contributed by atoms with E-state index in [9.17, 15) is 15.1 Å². The number of rotatable bonds is 7. The van der Waals surface area contributed by atoms with Gasteiger partial charge in [-0.1, -0.05) is 187 Å². The van der Waals surface area contributed by atoms with Crippen molar-refractivity contribution in [1.29, 1.82) is 0 Å². The largest absolute Gasteiger partial charge is 0.278 e. The fraction of sp³-hybridized carbons (Fsp3) is 0. The van der Waals surface area contributed by atoms with Crippen LogP contribution >= 0.6 is 0 Å². The Balaban J connectivity index is 1.45. The Kier molecular flexibility index (Phi) is 3.51. The lowest BCUT2D eigenvalue weighted by atomic mass is 10.2. The average molecular weight is 775 g/mol. The highest BCUT2D eigenvalue weighted by atomic mass is 28.3. The van der Waals surface area contributed by atoms with E-state index < -0.39 is 266 Å². The van der Waals surface area contributed by atoms with Gasteiger partial charge in [0.25, 0.3) is 0 Å². The molecule has 1 unspecified atom stereocenters. The molecule has 11 rings (SSSR count). The van der Waals surface area contributed by atoms with E-state index in [1.807, 2.05) is 0 Å². The molecule has 0 aliphatic carbocycles. The molecular weight excluding hydrogens is 711 g/mol. The molecule has 0 fully saturated rings. The van der Waals surface area contributed by atoms with Crippen LogP contribution in [-0.2, 0) is 0 Å². The SMILES string of the molecule is [2H]c1cc([Si](c2ccccc2)(c2c([2H])c([2H])c([2H])c([2H])c2[2H])c2c([2H])c([2H])c([2H])c(-c3nc(-n4c5c([2H])c([2H])c([2H])c([2H])c5c5c([2H])c([2H])c([2H])c([2H])c54)nc(-n4c5c([2H])c([2H])c([2H])c([2H])c5c5c([2H])c([2H])c([2H])c([2H])c54)n3)c2[2H])c([2H])c([2H])c1[2H]. The molecule has 57 heavy (non-hydrogen) atoms. The second-order valence-corrected chi connectivity index (χ2v) is 15.9. The number of nitrogens with zero attached hydrogens (tertiary/aromatic N) is 5. The van der Waals surface area contributed by atoms with Gasteiger partial charge in [-0.2, -0.15) is 15.0 Å². The van der Waals surface area contributed by atoms with Crippen molar-refractivity contribution >= 4 is 72.4 Å². The Labute approximate surface area is 371 Å². The molecule has 1 atom stereocenters. The molecule has 3 heterocycles. The average Bonchev–Trinajstić information content (AvgIpc) is 0.894. The Morgan fingerprint density at radius 1 is 0.368 bits per heavy atom. The molecule has 268 valence electrons. The number of hydrogen-bond donors (Lipinski definition) is 0. The van der Waals surface area contributed by atoms with Gasteiger partial charge in [-0.15, -0.1) is 0 Å². The van der Waals surface area contributed by atoms with Crippen LogP contribution in [0.2, 0.25) is 0 Å². The molecule has 0 N–H and O–H groups in total. The fourth-order valence-corrected chi connectivity index (χ4v) is 11.0. The molecule has 11 aromatic rings. The van der Waals surface area contributed by atoms with Gasteiger partial charge in [0.1, 0.15) is 0 Å². The summed E-state index contributed by atoms with van der Waals surface area (Å²) in [7, 11) is -5.50. The molecule has 0 aliphatic rings. The first-order chi connectivity index (χ1) is 40.3. The van der Waals surface area contributed by atoms with Crippen LogP contribution in [0.15, 0.2) is 212 Å². The van der Waals surface area contributed by atoms with Gasteiger partial charge in [0, 0.05) is 27.1 Å². The molecule has 0 bridgehead atoms. The maximum absolute atomic E-state index is 10.5. The highest BCUT2D eigenvalue weighted by Gasteiger charge is 2.41. The number of fused-ring (bicyclic) bond motifs is 6. The van der Waals surface area contributed by atoms with E-state index >= 15 is 0 Å². The minimum absolute atomic E-state index is 0.104. The topological polar surface area (TPSA) is 48.5 Å². The number of hydrogen-bond acceptors (Lipinski definition) is 3. The molecule has 8 aromatic carbocycles. The van der Waals surface area contributed by atoms with Crippen molar-refractivity contribution in [3.05, 3.63) is 212 Å². The Morgan fingerprint density at radius 2 is 0.825 bits per heavy atom. The summed E-state index contributed by atoms with van der Waals surface area (Å²) in [5.41, 5.74) is -3.49. The standard InChI is InChI=1S/C51H35N5Si/c1-4-20-37(21-5-1)57(38-22-6-2-7-23-38,39-24-8-3-9-25-39)40-26-18-19-36(35-40)49-52-50(55-45-31-14-10-27-41(45)42-28-11-15-32-46(42)55)54-51(53-49)56-47-33-16-12-29-43(47)44-30-13-17-34-48(44)56/h1-35H/i1D,2D,4D,5D,6D,7D,10D,11D,12D,13D,14D,15D,16D,17D,18D,19D,20D,21D,22D,26D,27D,28D,29D,30D,31D,32D,33D,34D,35D. The van der Waals surface area contributed by atoms with E-state index in [0.29, 0.717) is 0 Å². The second kappa shape index (κ2) is 13.4. The van der Waals surface area contributed by atoms with Gasteiger partial charge < -0.3 is 0 Å². The first kappa shape index (κ1) is 14.9. The molecule has 0 saturated heterocycles. The van der Waals surface area contributed by atoms with Crippen molar-refractivity contribution in [2.75, 3.05) is 0 Å².